The van der Waals surface area contributed by atoms with Crippen LogP contribution in [-0.2, 0) is 13.2 Å². The van der Waals surface area contributed by atoms with Crippen molar-refractivity contribution in [2.45, 2.75) is 26.1 Å². The van der Waals surface area contributed by atoms with E-state index in [1.807, 2.05) is 30.3 Å². The lowest BCUT2D eigenvalue weighted by Crippen LogP contribution is -2.18. The van der Waals surface area contributed by atoms with Crippen LogP contribution in [0, 0.1) is 5.82 Å². The van der Waals surface area contributed by atoms with Gasteiger partial charge in [0.1, 0.15) is 12.4 Å². The highest BCUT2D eigenvalue weighted by atomic mass is 35.5. The van der Waals surface area contributed by atoms with Crippen molar-refractivity contribution < 1.29 is 13.9 Å². The molecule has 29 heavy (non-hydrogen) atoms. The first-order valence-electron chi connectivity index (χ1n) is 9.09. The Labute approximate surface area is 182 Å². The summed E-state index contributed by atoms with van der Waals surface area (Å²) >= 11 is 6.44. The Kier molecular flexibility index (Phi) is 8.77. The van der Waals surface area contributed by atoms with Crippen LogP contribution < -0.4 is 14.8 Å². The molecule has 0 bridgehead atoms. The lowest BCUT2D eigenvalue weighted by Gasteiger charge is -2.17. The molecule has 1 unspecified atom stereocenters. The van der Waals surface area contributed by atoms with Gasteiger partial charge >= 0.3 is 0 Å². The minimum absolute atomic E-state index is 0. The zero-order chi connectivity index (χ0) is 19.9. The lowest BCUT2D eigenvalue weighted by atomic mass is 10.1. The first-order chi connectivity index (χ1) is 13.6. The van der Waals surface area contributed by atoms with Crippen LogP contribution in [0.3, 0.4) is 0 Å². The summed E-state index contributed by atoms with van der Waals surface area (Å²) in [5.41, 5.74) is 3.07. The van der Waals surface area contributed by atoms with Gasteiger partial charge in [0.05, 0.1) is 12.1 Å². The van der Waals surface area contributed by atoms with Gasteiger partial charge in [0.15, 0.2) is 11.5 Å². The van der Waals surface area contributed by atoms with Crippen molar-refractivity contribution in [3.8, 4) is 11.5 Å². The Bertz CT molecular complexity index is 905. The van der Waals surface area contributed by atoms with Crippen LogP contribution >= 0.6 is 24.0 Å². The van der Waals surface area contributed by atoms with E-state index in [2.05, 4.69) is 24.4 Å². The predicted molar refractivity (Wildman–Crippen MR) is 118 cm³/mol. The fourth-order valence-electron chi connectivity index (χ4n) is 2.88. The number of nitrogens with one attached hydrogen (secondary N) is 1. The first-order valence-corrected chi connectivity index (χ1v) is 9.46. The molecule has 0 saturated carbocycles. The second kappa shape index (κ2) is 11.1. The fourth-order valence-corrected chi connectivity index (χ4v) is 3.17. The molecule has 154 valence electrons. The highest BCUT2D eigenvalue weighted by Crippen LogP contribution is 2.37. The van der Waals surface area contributed by atoms with Gasteiger partial charge in [0, 0.05) is 12.6 Å². The van der Waals surface area contributed by atoms with E-state index < -0.39 is 0 Å². The van der Waals surface area contributed by atoms with E-state index in [1.54, 1.807) is 19.2 Å². The Morgan fingerprint density at radius 3 is 2.34 bits per heavy atom. The summed E-state index contributed by atoms with van der Waals surface area (Å²) in [6.45, 7) is 3.04. The SMILES string of the molecule is COc1cc(CNC(C)c2ccccc2)cc(Cl)c1OCc1ccc(F)cc1.Cl. The van der Waals surface area contributed by atoms with Gasteiger partial charge in [0.25, 0.3) is 0 Å². The molecule has 0 aliphatic carbocycles. The monoisotopic (exact) mass is 435 g/mol. The number of ether oxygens (including phenoxy) is 2. The van der Waals surface area contributed by atoms with Gasteiger partial charge in [-0.3, -0.25) is 0 Å². The molecule has 1 atom stereocenters. The maximum Gasteiger partial charge on any atom is 0.180 e. The number of hydrogen-bond donors (Lipinski definition) is 1. The molecule has 1 N–H and O–H groups in total. The van der Waals surface area contributed by atoms with E-state index in [9.17, 15) is 4.39 Å². The maximum atomic E-state index is 13.0. The molecular weight excluding hydrogens is 412 g/mol. The van der Waals surface area contributed by atoms with Crippen LogP contribution in [0.25, 0.3) is 0 Å². The molecule has 0 aliphatic rings. The molecule has 0 aromatic heterocycles. The Morgan fingerprint density at radius 2 is 1.69 bits per heavy atom. The quantitative estimate of drug-likeness (QED) is 0.447. The molecule has 0 saturated heterocycles. The lowest BCUT2D eigenvalue weighted by molar-refractivity contribution is 0.284. The second-order valence-electron chi connectivity index (χ2n) is 6.54. The molecule has 0 radical (unpaired) electrons. The van der Waals surface area contributed by atoms with Crippen molar-refractivity contribution in [2.75, 3.05) is 7.11 Å². The maximum absolute atomic E-state index is 13.0. The summed E-state index contributed by atoms with van der Waals surface area (Å²) in [5, 5.41) is 3.96. The Balaban J connectivity index is 0.00000300. The van der Waals surface area contributed by atoms with E-state index in [0.717, 1.165) is 11.1 Å². The Morgan fingerprint density at radius 1 is 1.00 bits per heavy atom. The van der Waals surface area contributed by atoms with Gasteiger partial charge < -0.3 is 14.8 Å². The molecule has 3 aromatic rings. The number of hydrogen-bond acceptors (Lipinski definition) is 3. The summed E-state index contributed by atoms with van der Waals surface area (Å²) < 4.78 is 24.3. The summed E-state index contributed by atoms with van der Waals surface area (Å²) in [6, 6.07) is 20.4. The fraction of sp³-hybridized carbons (Fsp3) is 0.217. The molecule has 6 heteroatoms. The largest absolute Gasteiger partial charge is 0.493 e. The smallest absolute Gasteiger partial charge is 0.180 e. The number of benzene rings is 3. The average molecular weight is 436 g/mol. The molecular formula is C23H24Cl2FNO2. The van der Waals surface area contributed by atoms with Gasteiger partial charge in [-0.2, -0.15) is 0 Å². The van der Waals surface area contributed by atoms with Crippen LogP contribution in [0.4, 0.5) is 4.39 Å². The third kappa shape index (κ3) is 6.36. The third-order valence-corrected chi connectivity index (χ3v) is 4.78. The van der Waals surface area contributed by atoms with Crippen LogP contribution in [0.2, 0.25) is 5.02 Å². The molecule has 0 spiro atoms. The minimum atomic E-state index is -0.277. The van der Waals surface area contributed by atoms with Crippen molar-refractivity contribution in [3.05, 3.63) is 94.3 Å². The first kappa shape index (κ1) is 23.0. The standard InChI is InChI=1S/C23H23ClFNO2.ClH/c1-16(19-6-4-3-5-7-19)26-14-18-12-21(24)23(22(13-18)27-2)28-15-17-8-10-20(25)11-9-17;/h3-13,16,26H,14-15H2,1-2H3;1H. The van der Waals surface area contributed by atoms with E-state index >= 15 is 0 Å². The molecule has 3 rings (SSSR count). The van der Waals surface area contributed by atoms with E-state index in [1.165, 1.54) is 17.7 Å². The predicted octanol–water partition coefficient (Wildman–Crippen LogP) is 6.34. The second-order valence-corrected chi connectivity index (χ2v) is 6.94. The summed E-state index contributed by atoms with van der Waals surface area (Å²) in [5.74, 6) is 0.771. The number of methoxy groups -OCH3 is 1. The number of rotatable bonds is 8. The van der Waals surface area contributed by atoms with Gasteiger partial charge in [0.2, 0.25) is 0 Å². The van der Waals surface area contributed by atoms with Crippen LogP contribution in [0.1, 0.15) is 29.7 Å². The van der Waals surface area contributed by atoms with E-state index in [0.29, 0.717) is 23.1 Å². The molecule has 0 aliphatic heterocycles. The molecule has 3 aromatic carbocycles. The average Bonchev–Trinajstić information content (AvgIpc) is 2.72. The van der Waals surface area contributed by atoms with E-state index in [4.69, 9.17) is 21.1 Å². The van der Waals surface area contributed by atoms with Crippen molar-refractivity contribution in [1.82, 2.24) is 5.32 Å². The van der Waals surface area contributed by atoms with Gasteiger partial charge in [-0.1, -0.05) is 54.1 Å². The van der Waals surface area contributed by atoms with E-state index in [-0.39, 0.29) is 30.9 Å². The molecule has 0 heterocycles. The van der Waals surface area contributed by atoms with Gasteiger partial charge in [-0.15, -0.1) is 12.4 Å². The van der Waals surface area contributed by atoms with Crippen LogP contribution in [0.15, 0.2) is 66.7 Å². The number of halogens is 3. The zero-order valence-corrected chi connectivity index (χ0v) is 17.9. The van der Waals surface area contributed by atoms with Gasteiger partial charge in [-0.05, 0) is 47.9 Å². The summed E-state index contributed by atoms with van der Waals surface area (Å²) in [6.07, 6.45) is 0. The minimum Gasteiger partial charge on any atom is -0.493 e. The molecule has 0 amide bonds. The molecule has 0 fully saturated rings. The normalized spacial score (nSPS) is 11.4. The van der Waals surface area contributed by atoms with Crippen molar-refractivity contribution in [2.24, 2.45) is 0 Å². The van der Waals surface area contributed by atoms with Crippen molar-refractivity contribution in [3.63, 3.8) is 0 Å². The third-order valence-electron chi connectivity index (χ3n) is 4.50. The topological polar surface area (TPSA) is 30.5 Å². The van der Waals surface area contributed by atoms with Crippen LogP contribution in [0.5, 0.6) is 11.5 Å². The van der Waals surface area contributed by atoms with Crippen molar-refractivity contribution >= 4 is 24.0 Å². The van der Waals surface area contributed by atoms with Gasteiger partial charge in [-0.25, -0.2) is 4.39 Å². The van der Waals surface area contributed by atoms with Crippen LogP contribution in [-0.4, -0.2) is 7.11 Å². The zero-order valence-electron chi connectivity index (χ0n) is 16.3. The highest BCUT2D eigenvalue weighted by Gasteiger charge is 2.13. The molecule has 3 nitrogen and oxygen atoms in total. The highest BCUT2D eigenvalue weighted by molar-refractivity contribution is 6.32. The van der Waals surface area contributed by atoms with Crippen molar-refractivity contribution in [1.29, 1.82) is 0 Å². The summed E-state index contributed by atoms with van der Waals surface area (Å²) in [4.78, 5) is 0. The summed E-state index contributed by atoms with van der Waals surface area (Å²) in [7, 11) is 1.58. The Hall–Kier alpha value is -2.27.